The van der Waals surface area contributed by atoms with Crippen molar-refractivity contribution < 1.29 is 9.59 Å². The lowest BCUT2D eigenvalue weighted by atomic mass is 10.2. The van der Waals surface area contributed by atoms with E-state index in [9.17, 15) is 9.59 Å². The molecule has 1 heterocycles. The Kier molecular flexibility index (Phi) is 4.79. The fourth-order valence-electron chi connectivity index (χ4n) is 2.81. The maximum absolute atomic E-state index is 12.5. The molecule has 3 amide bonds. The summed E-state index contributed by atoms with van der Waals surface area (Å²) in [6.07, 6.45) is 0. The van der Waals surface area contributed by atoms with Gasteiger partial charge >= 0.3 is 6.03 Å². The van der Waals surface area contributed by atoms with Crippen LogP contribution < -0.4 is 4.90 Å². The molecule has 0 saturated carbocycles. The third-order valence-corrected chi connectivity index (χ3v) is 4.18. The summed E-state index contributed by atoms with van der Waals surface area (Å²) in [5.41, 5.74) is 1.95. The predicted octanol–water partition coefficient (Wildman–Crippen LogP) is 2.59. The van der Waals surface area contributed by atoms with E-state index in [1.165, 1.54) is 0 Å². The summed E-state index contributed by atoms with van der Waals surface area (Å²) < 4.78 is 0. The first-order chi connectivity index (χ1) is 11.6. The van der Waals surface area contributed by atoms with Gasteiger partial charge in [0.1, 0.15) is 6.54 Å². The highest BCUT2D eigenvalue weighted by Crippen LogP contribution is 2.19. The van der Waals surface area contributed by atoms with E-state index in [4.69, 9.17) is 0 Å². The maximum atomic E-state index is 12.5. The second-order valence-electron chi connectivity index (χ2n) is 5.93. The van der Waals surface area contributed by atoms with E-state index < -0.39 is 0 Å². The predicted molar refractivity (Wildman–Crippen MR) is 93.7 cm³/mol. The lowest BCUT2D eigenvalue weighted by molar-refractivity contribution is -0.130. The highest BCUT2D eigenvalue weighted by Gasteiger charge is 2.31. The monoisotopic (exact) mass is 323 g/mol. The Labute approximate surface area is 142 Å². The number of hydrogen-bond donors (Lipinski definition) is 0. The van der Waals surface area contributed by atoms with Crippen molar-refractivity contribution in [2.45, 2.75) is 6.54 Å². The van der Waals surface area contributed by atoms with Gasteiger partial charge in [-0.15, -0.1) is 0 Å². The zero-order valence-corrected chi connectivity index (χ0v) is 13.8. The maximum Gasteiger partial charge on any atom is 0.325 e. The van der Waals surface area contributed by atoms with Gasteiger partial charge in [0.25, 0.3) is 0 Å². The number of likely N-dealkylation sites (N-methyl/N-ethyl adjacent to an activating group) is 1. The molecule has 1 saturated heterocycles. The van der Waals surface area contributed by atoms with E-state index in [0.29, 0.717) is 19.6 Å². The summed E-state index contributed by atoms with van der Waals surface area (Å²) in [6.45, 7) is 1.84. The van der Waals surface area contributed by atoms with Crippen LogP contribution in [0.4, 0.5) is 10.5 Å². The minimum atomic E-state index is -0.109. The number of carbonyl (C=O) groups excluding carboxylic acids is 2. The molecule has 2 aromatic carbocycles. The Morgan fingerprint density at radius 1 is 1.00 bits per heavy atom. The first-order valence-electron chi connectivity index (χ1n) is 8.04. The minimum absolute atomic E-state index is 0.0536. The van der Waals surface area contributed by atoms with Gasteiger partial charge in [-0.2, -0.15) is 0 Å². The van der Waals surface area contributed by atoms with Crippen LogP contribution in [0.25, 0.3) is 0 Å². The number of hydrogen-bond acceptors (Lipinski definition) is 2. The molecular formula is C19H21N3O2. The van der Waals surface area contributed by atoms with E-state index in [-0.39, 0.29) is 18.5 Å². The molecular weight excluding hydrogens is 302 g/mol. The molecule has 0 N–H and O–H groups in total. The normalized spacial score (nSPS) is 14.1. The molecule has 0 spiro atoms. The summed E-state index contributed by atoms with van der Waals surface area (Å²) in [5, 5.41) is 0. The molecule has 1 fully saturated rings. The van der Waals surface area contributed by atoms with Gasteiger partial charge in [-0.25, -0.2) is 4.79 Å². The quantitative estimate of drug-likeness (QED) is 0.849. The van der Waals surface area contributed by atoms with Crippen molar-refractivity contribution >= 4 is 17.6 Å². The molecule has 0 unspecified atom stereocenters. The van der Waals surface area contributed by atoms with Gasteiger partial charge in [-0.3, -0.25) is 9.69 Å². The summed E-state index contributed by atoms with van der Waals surface area (Å²) in [4.78, 5) is 29.9. The minimum Gasteiger partial charge on any atom is -0.340 e. The Bertz CT molecular complexity index is 703. The summed E-state index contributed by atoms with van der Waals surface area (Å²) >= 11 is 0. The summed E-state index contributed by atoms with van der Waals surface area (Å²) in [5.74, 6) is -0.0536. The third kappa shape index (κ3) is 3.56. The van der Waals surface area contributed by atoms with Crippen LogP contribution in [0.1, 0.15) is 5.56 Å². The van der Waals surface area contributed by atoms with Crippen LogP contribution in [0.3, 0.4) is 0 Å². The van der Waals surface area contributed by atoms with Crippen LogP contribution >= 0.6 is 0 Å². The number of para-hydroxylation sites is 1. The van der Waals surface area contributed by atoms with Gasteiger partial charge in [-0.05, 0) is 17.7 Å². The van der Waals surface area contributed by atoms with Gasteiger partial charge in [0.2, 0.25) is 5.91 Å². The van der Waals surface area contributed by atoms with Crippen LogP contribution in [0.15, 0.2) is 60.7 Å². The molecule has 0 atom stereocenters. The van der Waals surface area contributed by atoms with Crippen LogP contribution in [-0.2, 0) is 11.3 Å². The molecule has 1 aliphatic rings. The van der Waals surface area contributed by atoms with Gasteiger partial charge in [0.05, 0.1) is 0 Å². The molecule has 5 heteroatoms. The van der Waals surface area contributed by atoms with E-state index in [1.807, 2.05) is 60.7 Å². The number of anilines is 1. The average molecular weight is 323 g/mol. The molecule has 0 aliphatic carbocycles. The smallest absolute Gasteiger partial charge is 0.325 e. The summed E-state index contributed by atoms with van der Waals surface area (Å²) in [6, 6.07) is 19.3. The Hall–Kier alpha value is -2.82. The highest BCUT2D eigenvalue weighted by atomic mass is 16.2. The number of nitrogens with zero attached hydrogens (tertiary/aromatic N) is 3. The molecule has 0 aromatic heterocycles. The molecule has 1 aliphatic heterocycles. The number of amides is 3. The fourth-order valence-corrected chi connectivity index (χ4v) is 2.81. The van der Waals surface area contributed by atoms with Gasteiger partial charge in [0, 0.05) is 32.4 Å². The van der Waals surface area contributed by atoms with Crippen LogP contribution in [0.5, 0.6) is 0 Å². The number of rotatable bonds is 5. The van der Waals surface area contributed by atoms with Crippen molar-refractivity contribution in [2.75, 3.05) is 31.6 Å². The molecule has 0 radical (unpaired) electrons. The standard InChI is InChI=1S/C19H21N3O2/c1-20(14-16-8-4-2-5-9-16)18(23)15-21-12-13-22(19(21)24)17-10-6-3-7-11-17/h2-11H,12-15H2,1H3. The SMILES string of the molecule is CN(Cc1ccccc1)C(=O)CN1CCN(c2ccccc2)C1=O. The molecule has 24 heavy (non-hydrogen) atoms. The van der Waals surface area contributed by atoms with Crippen molar-refractivity contribution in [3.05, 3.63) is 66.2 Å². The number of carbonyl (C=O) groups is 2. The van der Waals surface area contributed by atoms with Gasteiger partial charge < -0.3 is 9.80 Å². The van der Waals surface area contributed by atoms with Crippen molar-refractivity contribution in [3.63, 3.8) is 0 Å². The van der Waals surface area contributed by atoms with Crippen LogP contribution in [-0.4, -0.2) is 48.4 Å². The first-order valence-corrected chi connectivity index (χ1v) is 8.04. The third-order valence-electron chi connectivity index (χ3n) is 4.18. The Morgan fingerprint density at radius 2 is 1.62 bits per heavy atom. The largest absolute Gasteiger partial charge is 0.340 e. The Morgan fingerprint density at radius 3 is 2.29 bits per heavy atom. The van der Waals surface area contributed by atoms with Crippen molar-refractivity contribution in [2.24, 2.45) is 0 Å². The van der Waals surface area contributed by atoms with Crippen molar-refractivity contribution in [1.82, 2.24) is 9.80 Å². The topological polar surface area (TPSA) is 43.9 Å². The summed E-state index contributed by atoms with van der Waals surface area (Å²) in [7, 11) is 1.77. The molecule has 2 aromatic rings. The molecule has 5 nitrogen and oxygen atoms in total. The van der Waals surface area contributed by atoms with Crippen LogP contribution in [0, 0.1) is 0 Å². The zero-order valence-electron chi connectivity index (χ0n) is 13.8. The Balaban J connectivity index is 1.58. The zero-order chi connectivity index (χ0) is 16.9. The molecule has 0 bridgehead atoms. The molecule has 124 valence electrons. The van der Waals surface area contributed by atoms with E-state index in [1.54, 1.807) is 21.7 Å². The van der Waals surface area contributed by atoms with Crippen LogP contribution in [0.2, 0.25) is 0 Å². The lowest BCUT2D eigenvalue weighted by Gasteiger charge is -2.22. The number of benzene rings is 2. The lowest BCUT2D eigenvalue weighted by Crippen LogP contribution is -2.40. The second kappa shape index (κ2) is 7.17. The first kappa shape index (κ1) is 16.1. The molecule has 3 rings (SSSR count). The number of urea groups is 1. The van der Waals surface area contributed by atoms with E-state index >= 15 is 0 Å². The highest BCUT2D eigenvalue weighted by molar-refractivity contribution is 5.96. The van der Waals surface area contributed by atoms with Crippen molar-refractivity contribution in [1.29, 1.82) is 0 Å². The van der Waals surface area contributed by atoms with E-state index in [2.05, 4.69) is 0 Å². The second-order valence-corrected chi connectivity index (χ2v) is 5.93. The van der Waals surface area contributed by atoms with E-state index in [0.717, 1.165) is 11.3 Å². The van der Waals surface area contributed by atoms with Gasteiger partial charge in [-0.1, -0.05) is 48.5 Å². The average Bonchev–Trinajstić information content (AvgIpc) is 2.97. The fraction of sp³-hybridized carbons (Fsp3) is 0.263. The van der Waals surface area contributed by atoms with Crippen molar-refractivity contribution in [3.8, 4) is 0 Å². The van der Waals surface area contributed by atoms with Gasteiger partial charge in [0.15, 0.2) is 0 Å².